The summed E-state index contributed by atoms with van der Waals surface area (Å²) in [5.74, 6) is 0.120. The normalized spacial score (nSPS) is 16.8. The standard InChI is InChI=1S/C22H28N4O5S/c1-22(2,3)26(21(28)29)18-12-13-25(20(18)27)19-11-10-15(14-23-19)16-8-6-7-9-17(16)24(4)32(5,30)31/h6-11,14,18H,12-13H2,1-5H3,(H,28,29)/t18-/m0/s1. The largest absolute Gasteiger partial charge is 0.465 e. The predicted octanol–water partition coefficient (Wildman–Crippen LogP) is 3.03. The average Bonchev–Trinajstić information content (AvgIpc) is 3.06. The Morgan fingerprint density at radius 2 is 1.84 bits per heavy atom. The van der Waals surface area contributed by atoms with Gasteiger partial charge in [0.05, 0.1) is 11.9 Å². The number of hydrogen-bond acceptors (Lipinski definition) is 5. The molecular weight excluding hydrogens is 432 g/mol. The molecule has 2 aromatic rings. The highest BCUT2D eigenvalue weighted by Crippen LogP contribution is 2.33. The second-order valence-electron chi connectivity index (χ2n) is 8.77. The molecule has 1 fully saturated rings. The first-order valence-corrected chi connectivity index (χ1v) is 12.0. The number of amides is 2. The molecule has 1 aromatic heterocycles. The van der Waals surface area contributed by atoms with E-state index in [1.54, 1.807) is 57.3 Å². The molecule has 0 saturated carbocycles. The Morgan fingerprint density at radius 1 is 1.19 bits per heavy atom. The fraction of sp³-hybridized carbons (Fsp3) is 0.409. The van der Waals surface area contributed by atoms with Gasteiger partial charge in [-0.2, -0.15) is 0 Å². The van der Waals surface area contributed by atoms with E-state index in [1.165, 1.54) is 21.2 Å². The van der Waals surface area contributed by atoms with Crippen LogP contribution in [0.15, 0.2) is 42.6 Å². The molecule has 32 heavy (non-hydrogen) atoms. The third-order valence-electron chi connectivity index (χ3n) is 5.49. The highest BCUT2D eigenvalue weighted by Gasteiger charge is 2.43. The summed E-state index contributed by atoms with van der Waals surface area (Å²) >= 11 is 0. The molecule has 2 amide bonds. The maximum absolute atomic E-state index is 13.0. The zero-order valence-corrected chi connectivity index (χ0v) is 19.6. The van der Waals surface area contributed by atoms with Gasteiger partial charge in [0.1, 0.15) is 11.9 Å². The Labute approximate surface area is 188 Å². The average molecular weight is 461 g/mol. The fourth-order valence-corrected chi connectivity index (χ4v) is 4.41. The third kappa shape index (κ3) is 4.55. The summed E-state index contributed by atoms with van der Waals surface area (Å²) in [5, 5.41) is 9.63. The van der Waals surface area contributed by atoms with E-state index < -0.39 is 27.7 Å². The Hall–Kier alpha value is -3.14. The molecule has 3 rings (SSSR count). The Kier molecular flexibility index (Phi) is 6.19. The van der Waals surface area contributed by atoms with E-state index in [1.807, 2.05) is 6.07 Å². The van der Waals surface area contributed by atoms with Crippen molar-refractivity contribution in [2.75, 3.05) is 29.1 Å². The third-order valence-corrected chi connectivity index (χ3v) is 6.69. The van der Waals surface area contributed by atoms with Crippen molar-refractivity contribution in [3.05, 3.63) is 42.6 Å². The number of pyridine rings is 1. The molecule has 1 aliphatic rings. The van der Waals surface area contributed by atoms with Crippen LogP contribution in [0, 0.1) is 0 Å². The van der Waals surface area contributed by atoms with Crippen LogP contribution in [0.3, 0.4) is 0 Å². The van der Waals surface area contributed by atoms with E-state index in [4.69, 9.17) is 0 Å². The topological polar surface area (TPSA) is 111 Å². The SMILES string of the molecule is CN(c1ccccc1-c1ccc(N2CC[C@H](N(C(=O)O)C(C)(C)C)C2=O)nc1)S(C)(=O)=O. The predicted molar refractivity (Wildman–Crippen MR) is 123 cm³/mol. The van der Waals surface area contributed by atoms with Crippen LogP contribution in [-0.2, 0) is 14.8 Å². The number of carboxylic acid groups (broad SMARTS) is 1. The van der Waals surface area contributed by atoms with E-state index in [0.717, 1.165) is 6.26 Å². The van der Waals surface area contributed by atoms with Crippen LogP contribution in [0.25, 0.3) is 11.1 Å². The Bertz CT molecular complexity index is 1130. The quantitative estimate of drug-likeness (QED) is 0.734. The van der Waals surface area contributed by atoms with Gasteiger partial charge in [0.2, 0.25) is 10.0 Å². The molecule has 2 heterocycles. The first-order valence-electron chi connectivity index (χ1n) is 10.2. The molecule has 1 aliphatic heterocycles. The van der Waals surface area contributed by atoms with E-state index in [-0.39, 0.29) is 5.91 Å². The lowest BCUT2D eigenvalue weighted by Gasteiger charge is -2.36. The zero-order chi connectivity index (χ0) is 23.8. The second-order valence-corrected chi connectivity index (χ2v) is 10.8. The van der Waals surface area contributed by atoms with Crippen LogP contribution >= 0.6 is 0 Å². The molecule has 1 N–H and O–H groups in total. The molecule has 0 spiro atoms. The maximum atomic E-state index is 13.0. The van der Waals surface area contributed by atoms with Crippen molar-refractivity contribution in [2.24, 2.45) is 0 Å². The molecule has 172 valence electrons. The first kappa shape index (κ1) is 23.5. The second kappa shape index (κ2) is 8.42. The number of para-hydroxylation sites is 1. The van der Waals surface area contributed by atoms with E-state index >= 15 is 0 Å². The number of anilines is 2. The van der Waals surface area contributed by atoms with Crippen molar-refractivity contribution < 1.29 is 23.1 Å². The zero-order valence-electron chi connectivity index (χ0n) is 18.8. The molecule has 0 radical (unpaired) electrons. The van der Waals surface area contributed by atoms with Crippen molar-refractivity contribution in [1.29, 1.82) is 0 Å². The smallest absolute Gasteiger partial charge is 0.408 e. The number of hydrogen-bond donors (Lipinski definition) is 1. The molecule has 0 bridgehead atoms. The lowest BCUT2D eigenvalue weighted by atomic mass is 10.0. The number of aromatic nitrogens is 1. The van der Waals surface area contributed by atoms with Gasteiger partial charge in [0.25, 0.3) is 5.91 Å². The number of carbonyl (C=O) groups is 2. The molecule has 1 saturated heterocycles. The monoisotopic (exact) mass is 460 g/mol. The van der Waals surface area contributed by atoms with Crippen LogP contribution in [0.1, 0.15) is 27.2 Å². The van der Waals surface area contributed by atoms with Crippen LogP contribution < -0.4 is 9.21 Å². The summed E-state index contributed by atoms with van der Waals surface area (Å²) < 4.78 is 25.2. The number of carbonyl (C=O) groups excluding carboxylic acids is 1. The highest BCUT2D eigenvalue weighted by molar-refractivity contribution is 7.92. The lowest BCUT2D eigenvalue weighted by molar-refractivity contribution is -0.122. The Morgan fingerprint density at radius 3 is 2.38 bits per heavy atom. The molecule has 9 nitrogen and oxygen atoms in total. The lowest BCUT2D eigenvalue weighted by Crippen LogP contribution is -2.54. The van der Waals surface area contributed by atoms with Gasteiger partial charge < -0.3 is 5.11 Å². The van der Waals surface area contributed by atoms with Crippen molar-refractivity contribution >= 4 is 33.5 Å². The van der Waals surface area contributed by atoms with Gasteiger partial charge in [-0.1, -0.05) is 18.2 Å². The van der Waals surface area contributed by atoms with Gasteiger partial charge in [-0.25, -0.2) is 18.2 Å². The maximum Gasteiger partial charge on any atom is 0.408 e. The van der Waals surface area contributed by atoms with E-state index in [0.29, 0.717) is 35.6 Å². The van der Waals surface area contributed by atoms with E-state index in [9.17, 15) is 23.1 Å². The summed E-state index contributed by atoms with van der Waals surface area (Å²) in [5.41, 5.74) is 1.19. The molecular formula is C22H28N4O5S. The van der Waals surface area contributed by atoms with Crippen molar-refractivity contribution in [3.8, 4) is 11.1 Å². The minimum Gasteiger partial charge on any atom is -0.465 e. The van der Waals surface area contributed by atoms with Crippen LogP contribution in [0.4, 0.5) is 16.3 Å². The first-order chi connectivity index (χ1) is 14.8. The van der Waals surface area contributed by atoms with Gasteiger partial charge in [-0.15, -0.1) is 0 Å². The number of nitrogens with zero attached hydrogens (tertiary/aromatic N) is 4. The molecule has 0 aliphatic carbocycles. The van der Waals surface area contributed by atoms with Crippen molar-refractivity contribution in [2.45, 2.75) is 38.8 Å². The summed E-state index contributed by atoms with van der Waals surface area (Å²) in [7, 11) is -1.95. The van der Waals surface area contributed by atoms with Crippen LogP contribution in [0.2, 0.25) is 0 Å². The number of rotatable bonds is 5. The van der Waals surface area contributed by atoms with Gasteiger partial charge in [-0.05, 0) is 45.4 Å². The van der Waals surface area contributed by atoms with Crippen molar-refractivity contribution in [1.82, 2.24) is 9.88 Å². The highest BCUT2D eigenvalue weighted by atomic mass is 32.2. The Balaban J connectivity index is 1.88. The molecule has 1 atom stereocenters. The van der Waals surface area contributed by atoms with Crippen LogP contribution in [-0.4, -0.2) is 66.8 Å². The summed E-state index contributed by atoms with van der Waals surface area (Å²) in [6.45, 7) is 5.64. The van der Waals surface area contributed by atoms with E-state index in [2.05, 4.69) is 4.98 Å². The minimum atomic E-state index is -3.44. The summed E-state index contributed by atoms with van der Waals surface area (Å²) in [6.07, 6.45) is 1.98. The number of benzene rings is 1. The van der Waals surface area contributed by atoms with Crippen LogP contribution in [0.5, 0.6) is 0 Å². The van der Waals surface area contributed by atoms with Gasteiger partial charge in [-0.3, -0.25) is 18.9 Å². The summed E-state index contributed by atoms with van der Waals surface area (Å²) in [6, 6.07) is 9.79. The summed E-state index contributed by atoms with van der Waals surface area (Å²) in [4.78, 5) is 31.9. The van der Waals surface area contributed by atoms with Gasteiger partial charge in [0.15, 0.2) is 0 Å². The number of sulfonamides is 1. The van der Waals surface area contributed by atoms with Gasteiger partial charge >= 0.3 is 6.09 Å². The molecule has 1 aromatic carbocycles. The van der Waals surface area contributed by atoms with Gasteiger partial charge in [0, 0.05) is 36.5 Å². The minimum absolute atomic E-state index is 0.306. The molecule has 0 unspecified atom stereocenters. The molecule has 10 heteroatoms. The fourth-order valence-electron chi connectivity index (χ4n) is 3.90. The van der Waals surface area contributed by atoms with Crippen molar-refractivity contribution in [3.63, 3.8) is 0 Å².